The summed E-state index contributed by atoms with van der Waals surface area (Å²) < 4.78 is 16.7. The van der Waals surface area contributed by atoms with Crippen molar-refractivity contribution < 1.29 is 19.0 Å². The molecule has 0 aliphatic heterocycles. The molecule has 150 valence electrons. The Morgan fingerprint density at radius 2 is 1.48 bits per heavy atom. The molecule has 29 heavy (non-hydrogen) atoms. The van der Waals surface area contributed by atoms with E-state index in [0.29, 0.717) is 19.0 Å². The number of hydrogen-bond acceptors (Lipinski definition) is 4. The fourth-order valence-corrected chi connectivity index (χ4v) is 2.88. The second kappa shape index (κ2) is 9.28. The van der Waals surface area contributed by atoms with E-state index in [-0.39, 0.29) is 0 Å². The number of hydrogen-bond donors (Lipinski definition) is 0. The smallest absolute Gasteiger partial charge is 0.349 e. The van der Waals surface area contributed by atoms with Crippen LogP contribution in [0.2, 0.25) is 0 Å². The van der Waals surface area contributed by atoms with Crippen molar-refractivity contribution in [1.82, 2.24) is 0 Å². The summed E-state index contributed by atoms with van der Waals surface area (Å²) in [6.07, 6.45) is 0. The van der Waals surface area contributed by atoms with Gasteiger partial charge in [0, 0.05) is 0 Å². The molecule has 0 unspecified atom stereocenters. The molecule has 0 saturated carbocycles. The minimum absolute atomic E-state index is 0.323. The van der Waals surface area contributed by atoms with Crippen LogP contribution in [0.15, 0.2) is 78.9 Å². The van der Waals surface area contributed by atoms with Crippen molar-refractivity contribution in [3.63, 3.8) is 0 Å². The van der Waals surface area contributed by atoms with Gasteiger partial charge in [0.1, 0.15) is 18.1 Å². The van der Waals surface area contributed by atoms with Gasteiger partial charge in [-0.1, -0.05) is 48.5 Å². The zero-order valence-electron chi connectivity index (χ0n) is 17.1. The fraction of sp³-hybridized carbons (Fsp3) is 0.240. The Hall–Kier alpha value is -3.27. The molecule has 3 aromatic rings. The number of ether oxygens (including phenoxy) is 3. The minimum Gasteiger partial charge on any atom is -0.489 e. The van der Waals surface area contributed by atoms with Crippen LogP contribution in [0.4, 0.5) is 0 Å². The molecule has 3 rings (SSSR count). The first kappa shape index (κ1) is 20.5. The molecule has 0 spiro atoms. The molecule has 4 heteroatoms. The van der Waals surface area contributed by atoms with Crippen molar-refractivity contribution in [2.24, 2.45) is 0 Å². The monoisotopic (exact) mass is 390 g/mol. The molecule has 0 N–H and O–H groups in total. The van der Waals surface area contributed by atoms with Crippen molar-refractivity contribution >= 4 is 5.97 Å². The third kappa shape index (κ3) is 5.61. The third-order valence-corrected chi connectivity index (χ3v) is 4.40. The Morgan fingerprint density at radius 1 is 0.828 bits per heavy atom. The Morgan fingerprint density at radius 3 is 2.17 bits per heavy atom. The van der Waals surface area contributed by atoms with Crippen LogP contribution in [0.25, 0.3) is 11.1 Å². The van der Waals surface area contributed by atoms with Gasteiger partial charge in [-0.3, -0.25) is 0 Å². The van der Waals surface area contributed by atoms with Crippen molar-refractivity contribution in [3.05, 3.63) is 84.4 Å². The van der Waals surface area contributed by atoms with E-state index >= 15 is 0 Å². The summed E-state index contributed by atoms with van der Waals surface area (Å²) in [7, 11) is 0. The van der Waals surface area contributed by atoms with Crippen molar-refractivity contribution in [1.29, 1.82) is 0 Å². The highest BCUT2D eigenvalue weighted by atomic mass is 16.6. The predicted molar refractivity (Wildman–Crippen MR) is 114 cm³/mol. The summed E-state index contributed by atoms with van der Waals surface area (Å²) in [5.74, 6) is 0.927. The first-order chi connectivity index (χ1) is 14.0. The Kier molecular flexibility index (Phi) is 6.55. The van der Waals surface area contributed by atoms with E-state index < -0.39 is 11.6 Å². The predicted octanol–water partition coefficient (Wildman–Crippen LogP) is 5.65. The molecule has 4 nitrogen and oxygen atoms in total. The average molecular weight is 390 g/mol. The second-order valence-corrected chi connectivity index (χ2v) is 7.16. The standard InChI is InChI=1S/C25H26O4/c1-4-27-24(26)25(2,3)29-23-15-13-22(14-16-23)28-18-19-9-8-12-21(17-19)20-10-6-5-7-11-20/h5-17H,4,18H2,1-3H3. The second-order valence-electron chi connectivity index (χ2n) is 7.16. The van der Waals surface area contributed by atoms with Crippen LogP contribution >= 0.6 is 0 Å². The fourth-order valence-electron chi connectivity index (χ4n) is 2.88. The topological polar surface area (TPSA) is 44.8 Å². The molecule has 3 aromatic carbocycles. The lowest BCUT2D eigenvalue weighted by Gasteiger charge is -2.24. The maximum atomic E-state index is 12.0. The molecule has 0 bridgehead atoms. The van der Waals surface area contributed by atoms with E-state index in [9.17, 15) is 4.79 Å². The van der Waals surface area contributed by atoms with Gasteiger partial charge in [0.05, 0.1) is 6.61 Å². The number of carbonyl (C=O) groups is 1. The highest BCUT2D eigenvalue weighted by Crippen LogP contribution is 2.24. The van der Waals surface area contributed by atoms with Crippen LogP contribution in [0.1, 0.15) is 26.3 Å². The maximum absolute atomic E-state index is 12.0. The third-order valence-electron chi connectivity index (χ3n) is 4.40. The number of carbonyl (C=O) groups excluding carboxylic acids is 1. The lowest BCUT2D eigenvalue weighted by molar-refractivity contribution is -0.158. The van der Waals surface area contributed by atoms with Crippen LogP contribution in [-0.2, 0) is 16.1 Å². The van der Waals surface area contributed by atoms with Gasteiger partial charge in [-0.15, -0.1) is 0 Å². The van der Waals surface area contributed by atoms with Crippen LogP contribution in [0.5, 0.6) is 11.5 Å². The summed E-state index contributed by atoms with van der Waals surface area (Å²) in [5, 5.41) is 0. The molecule has 0 heterocycles. The van der Waals surface area contributed by atoms with Crippen molar-refractivity contribution in [3.8, 4) is 22.6 Å². The summed E-state index contributed by atoms with van der Waals surface area (Å²) in [5.41, 5.74) is 2.39. The van der Waals surface area contributed by atoms with Crippen molar-refractivity contribution in [2.75, 3.05) is 6.61 Å². The normalized spacial score (nSPS) is 11.0. The lowest BCUT2D eigenvalue weighted by atomic mass is 10.0. The number of esters is 1. The van der Waals surface area contributed by atoms with E-state index in [1.54, 1.807) is 32.9 Å². The first-order valence-corrected chi connectivity index (χ1v) is 9.71. The van der Waals surface area contributed by atoms with Gasteiger partial charge in [-0.05, 0) is 67.8 Å². The number of benzene rings is 3. The SMILES string of the molecule is CCOC(=O)C(C)(C)Oc1ccc(OCc2cccc(-c3ccccc3)c2)cc1. The zero-order valence-corrected chi connectivity index (χ0v) is 17.1. The quantitative estimate of drug-likeness (QED) is 0.466. The van der Waals surface area contributed by atoms with Crippen molar-refractivity contribution in [2.45, 2.75) is 33.0 Å². The molecule has 0 radical (unpaired) electrons. The van der Waals surface area contributed by atoms with Gasteiger partial charge in [0.25, 0.3) is 0 Å². The van der Waals surface area contributed by atoms with E-state index in [1.807, 2.05) is 42.5 Å². The van der Waals surface area contributed by atoms with E-state index in [1.165, 1.54) is 5.56 Å². The summed E-state index contributed by atoms with van der Waals surface area (Å²) in [6, 6.07) is 25.8. The van der Waals surface area contributed by atoms with Crippen LogP contribution < -0.4 is 9.47 Å². The van der Waals surface area contributed by atoms with Gasteiger partial charge in [0.2, 0.25) is 0 Å². The molecule has 0 aliphatic carbocycles. The molecule has 0 aliphatic rings. The maximum Gasteiger partial charge on any atom is 0.349 e. The van der Waals surface area contributed by atoms with Crippen LogP contribution in [0, 0.1) is 0 Å². The van der Waals surface area contributed by atoms with Gasteiger partial charge >= 0.3 is 5.97 Å². The lowest BCUT2D eigenvalue weighted by Crippen LogP contribution is -2.39. The average Bonchev–Trinajstić information content (AvgIpc) is 2.74. The molecule has 0 atom stereocenters. The van der Waals surface area contributed by atoms with Gasteiger partial charge in [0.15, 0.2) is 5.60 Å². The summed E-state index contributed by atoms with van der Waals surface area (Å²) in [4.78, 5) is 12.0. The van der Waals surface area contributed by atoms with E-state index in [2.05, 4.69) is 24.3 Å². The van der Waals surface area contributed by atoms with Crippen LogP contribution in [0.3, 0.4) is 0 Å². The van der Waals surface area contributed by atoms with E-state index in [0.717, 1.165) is 16.9 Å². The Balaban J connectivity index is 1.60. The van der Waals surface area contributed by atoms with Gasteiger partial charge < -0.3 is 14.2 Å². The first-order valence-electron chi connectivity index (χ1n) is 9.71. The Labute approximate surface area is 172 Å². The van der Waals surface area contributed by atoms with Gasteiger partial charge in [-0.25, -0.2) is 4.79 Å². The van der Waals surface area contributed by atoms with E-state index in [4.69, 9.17) is 14.2 Å². The van der Waals surface area contributed by atoms with Crippen LogP contribution in [-0.4, -0.2) is 18.2 Å². The molecule has 0 fully saturated rings. The summed E-state index contributed by atoms with van der Waals surface area (Å²) >= 11 is 0. The highest BCUT2D eigenvalue weighted by molar-refractivity contribution is 5.79. The number of rotatable bonds is 8. The Bertz CT molecular complexity index is 931. The van der Waals surface area contributed by atoms with Gasteiger partial charge in [-0.2, -0.15) is 0 Å². The minimum atomic E-state index is -1.05. The largest absolute Gasteiger partial charge is 0.489 e. The zero-order chi connectivity index (χ0) is 20.7. The summed E-state index contributed by atoms with van der Waals surface area (Å²) in [6.45, 7) is 5.94. The molecular weight excluding hydrogens is 364 g/mol. The molecule has 0 aromatic heterocycles. The molecular formula is C25H26O4. The highest BCUT2D eigenvalue weighted by Gasteiger charge is 2.31. The molecule has 0 saturated heterocycles. The molecule has 0 amide bonds.